The zero-order valence-electron chi connectivity index (χ0n) is 11.2. The number of amides is 1. The molecular formula is C12H24N2O4. The van der Waals surface area contributed by atoms with Gasteiger partial charge in [0.25, 0.3) is 0 Å². The van der Waals surface area contributed by atoms with Crippen molar-refractivity contribution in [3.63, 3.8) is 0 Å². The summed E-state index contributed by atoms with van der Waals surface area (Å²) >= 11 is 0. The van der Waals surface area contributed by atoms with Crippen LogP contribution in [0.25, 0.3) is 0 Å². The third-order valence-corrected chi connectivity index (χ3v) is 2.99. The molecular weight excluding hydrogens is 236 g/mol. The zero-order chi connectivity index (χ0) is 13.4. The van der Waals surface area contributed by atoms with Crippen LogP contribution in [0, 0.1) is 0 Å². The second kappa shape index (κ2) is 7.68. The number of rotatable bonds is 7. The van der Waals surface area contributed by atoms with Gasteiger partial charge in [-0.15, -0.1) is 0 Å². The highest BCUT2D eigenvalue weighted by Gasteiger charge is 2.29. The minimum Gasteiger partial charge on any atom is -0.388 e. The van der Waals surface area contributed by atoms with E-state index in [0.29, 0.717) is 39.2 Å². The fourth-order valence-corrected chi connectivity index (χ4v) is 1.95. The topological polar surface area (TPSA) is 79.8 Å². The number of hydrogen-bond donors (Lipinski definition) is 3. The maximum Gasteiger partial charge on any atom is 0.234 e. The second-order valence-corrected chi connectivity index (χ2v) is 4.86. The van der Waals surface area contributed by atoms with Crippen LogP contribution in [0.4, 0.5) is 0 Å². The molecule has 0 aromatic heterocycles. The van der Waals surface area contributed by atoms with Crippen LogP contribution < -0.4 is 10.6 Å². The highest BCUT2D eigenvalue weighted by molar-refractivity contribution is 5.78. The first-order chi connectivity index (χ1) is 8.56. The minimum absolute atomic E-state index is 0.00420. The number of hydrogen-bond acceptors (Lipinski definition) is 5. The number of carbonyl (C=O) groups is 1. The summed E-state index contributed by atoms with van der Waals surface area (Å²) in [5.41, 5.74) is -0.739. The van der Waals surface area contributed by atoms with E-state index in [1.54, 1.807) is 7.11 Å². The summed E-state index contributed by atoms with van der Waals surface area (Å²) in [6.45, 7) is 4.16. The maximum atomic E-state index is 11.5. The lowest BCUT2D eigenvalue weighted by molar-refractivity contribution is -0.121. The molecule has 1 aliphatic rings. The average Bonchev–Trinajstić information content (AvgIpc) is 2.29. The van der Waals surface area contributed by atoms with E-state index < -0.39 is 5.60 Å². The first-order valence-electron chi connectivity index (χ1n) is 6.35. The van der Waals surface area contributed by atoms with Gasteiger partial charge in [0.15, 0.2) is 0 Å². The van der Waals surface area contributed by atoms with Crippen LogP contribution in [0.3, 0.4) is 0 Å². The minimum atomic E-state index is -0.739. The van der Waals surface area contributed by atoms with Gasteiger partial charge < -0.3 is 25.2 Å². The van der Waals surface area contributed by atoms with E-state index >= 15 is 0 Å². The van der Waals surface area contributed by atoms with E-state index in [9.17, 15) is 9.90 Å². The Labute approximate surface area is 108 Å². The Bertz CT molecular complexity index is 254. The normalized spacial score (nSPS) is 20.4. The molecule has 18 heavy (non-hydrogen) atoms. The van der Waals surface area contributed by atoms with Crippen LogP contribution in [0.1, 0.15) is 19.8 Å². The van der Waals surface area contributed by atoms with Crippen molar-refractivity contribution in [2.45, 2.75) is 31.4 Å². The highest BCUT2D eigenvalue weighted by atomic mass is 16.5. The fraction of sp³-hybridized carbons (Fsp3) is 0.917. The molecule has 1 atom stereocenters. The molecule has 0 aliphatic carbocycles. The predicted octanol–water partition coefficient (Wildman–Crippen LogP) is -0.731. The number of aliphatic hydroxyl groups is 1. The molecule has 1 aliphatic heterocycles. The van der Waals surface area contributed by atoms with Gasteiger partial charge in [-0.2, -0.15) is 0 Å². The van der Waals surface area contributed by atoms with E-state index in [2.05, 4.69) is 10.6 Å². The fourth-order valence-electron chi connectivity index (χ4n) is 1.95. The zero-order valence-corrected chi connectivity index (χ0v) is 11.2. The number of nitrogens with one attached hydrogen (secondary N) is 2. The Morgan fingerprint density at radius 1 is 1.50 bits per heavy atom. The van der Waals surface area contributed by atoms with Crippen molar-refractivity contribution in [3.05, 3.63) is 0 Å². The van der Waals surface area contributed by atoms with Gasteiger partial charge >= 0.3 is 0 Å². The Morgan fingerprint density at radius 3 is 2.78 bits per heavy atom. The average molecular weight is 260 g/mol. The first kappa shape index (κ1) is 15.4. The molecule has 6 heteroatoms. The lowest BCUT2D eigenvalue weighted by Gasteiger charge is -2.32. The molecule has 6 nitrogen and oxygen atoms in total. The molecule has 0 bridgehead atoms. The quantitative estimate of drug-likeness (QED) is 0.562. The molecule has 0 aromatic carbocycles. The Morgan fingerprint density at radius 2 is 2.17 bits per heavy atom. The van der Waals surface area contributed by atoms with Gasteiger partial charge in [-0.25, -0.2) is 0 Å². The third kappa shape index (κ3) is 5.77. The Hall–Kier alpha value is -0.690. The van der Waals surface area contributed by atoms with E-state index in [1.165, 1.54) is 0 Å². The summed E-state index contributed by atoms with van der Waals surface area (Å²) < 4.78 is 10.1. The Kier molecular flexibility index (Phi) is 6.56. The lowest BCUT2D eigenvalue weighted by Crippen LogP contribution is -2.48. The van der Waals surface area contributed by atoms with Crippen molar-refractivity contribution in [3.8, 4) is 0 Å². The standard InChI is InChI=1S/C12H24N2O4/c1-10(8-17-2)14-11(15)7-13-9-12(16)3-5-18-6-4-12/h10,13,16H,3-9H2,1-2H3,(H,14,15). The summed E-state index contributed by atoms with van der Waals surface area (Å²) in [5, 5.41) is 15.9. The smallest absolute Gasteiger partial charge is 0.234 e. The molecule has 1 heterocycles. The van der Waals surface area contributed by atoms with Gasteiger partial charge in [0.05, 0.1) is 18.8 Å². The second-order valence-electron chi connectivity index (χ2n) is 4.86. The predicted molar refractivity (Wildman–Crippen MR) is 67.4 cm³/mol. The molecule has 1 amide bonds. The Balaban J connectivity index is 2.14. The maximum absolute atomic E-state index is 11.5. The van der Waals surface area contributed by atoms with Crippen molar-refractivity contribution < 1.29 is 19.4 Å². The first-order valence-corrected chi connectivity index (χ1v) is 6.35. The molecule has 1 fully saturated rings. The molecule has 0 aromatic rings. The van der Waals surface area contributed by atoms with Crippen molar-refractivity contribution >= 4 is 5.91 Å². The summed E-state index contributed by atoms with van der Waals surface area (Å²) in [6, 6.07) is -0.00420. The van der Waals surface area contributed by atoms with E-state index in [-0.39, 0.29) is 18.5 Å². The molecule has 1 rings (SSSR count). The van der Waals surface area contributed by atoms with Crippen LogP contribution in [-0.2, 0) is 14.3 Å². The highest BCUT2D eigenvalue weighted by Crippen LogP contribution is 2.18. The molecule has 0 radical (unpaired) electrons. The van der Waals surface area contributed by atoms with E-state index in [4.69, 9.17) is 9.47 Å². The van der Waals surface area contributed by atoms with E-state index in [1.807, 2.05) is 6.92 Å². The van der Waals surface area contributed by atoms with Crippen LogP contribution in [0.15, 0.2) is 0 Å². The summed E-state index contributed by atoms with van der Waals surface area (Å²) in [6.07, 6.45) is 1.23. The van der Waals surface area contributed by atoms with Crippen LogP contribution >= 0.6 is 0 Å². The van der Waals surface area contributed by atoms with Crippen LogP contribution in [0.5, 0.6) is 0 Å². The van der Waals surface area contributed by atoms with Gasteiger partial charge in [-0.05, 0) is 6.92 Å². The van der Waals surface area contributed by atoms with Crippen molar-refractivity contribution in [2.24, 2.45) is 0 Å². The van der Waals surface area contributed by atoms with Crippen LogP contribution in [-0.4, -0.2) is 62.7 Å². The third-order valence-electron chi connectivity index (χ3n) is 2.99. The summed E-state index contributed by atoms with van der Waals surface area (Å²) in [4.78, 5) is 11.5. The molecule has 1 unspecified atom stereocenters. The lowest BCUT2D eigenvalue weighted by atomic mass is 9.94. The van der Waals surface area contributed by atoms with Gasteiger partial charge in [0.1, 0.15) is 0 Å². The molecule has 0 spiro atoms. The van der Waals surface area contributed by atoms with Crippen molar-refractivity contribution in [2.75, 3.05) is 40.0 Å². The van der Waals surface area contributed by atoms with Gasteiger partial charge in [0.2, 0.25) is 5.91 Å². The molecule has 106 valence electrons. The number of methoxy groups -OCH3 is 1. The largest absolute Gasteiger partial charge is 0.388 e. The monoisotopic (exact) mass is 260 g/mol. The van der Waals surface area contributed by atoms with Crippen molar-refractivity contribution in [1.29, 1.82) is 0 Å². The number of ether oxygens (including phenoxy) is 2. The molecule has 3 N–H and O–H groups in total. The summed E-state index contributed by atoms with van der Waals surface area (Å²) in [5.74, 6) is -0.0878. The van der Waals surface area contributed by atoms with E-state index in [0.717, 1.165) is 0 Å². The molecule has 1 saturated heterocycles. The molecule has 0 saturated carbocycles. The van der Waals surface area contributed by atoms with Crippen LogP contribution in [0.2, 0.25) is 0 Å². The van der Waals surface area contributed by atoms with Gasteiger partial charge in [-0.3, -0.25) is 4.79 Å². The SMILES string of the molecule is COCC(C)NC(=O)CNCC1(O)CCOCC1. The van der Waals surface area contributed by atoms with Gasteiger partial charge in [0, 0.05) is 45.8 Å². The van der Waals surface area contributed by atoms with Crippen molar-refractivity contribution in [1.82, 2.24) is 10.6 Å². The number of carbonyl (C=O) groups excluding carboxylic acids is 1. The van der Waals surface area contributed by atoms with Gasteiger partial charge in [-0.1, -0.05) is 0 Å². The summed E-state index contributed by atoms with van der Waals surface area (Å²) in [7, 11) is 1.60.